The molecule has 0 saturated heterocycles. The van der Waals surface area contributed by atoms with Crippen LogP contribution in [0, 0.1) is 11.8 Å². The van der Waals surface area contributed by atoms with Crippen LogP contribution in [0.3, 0.4) is 0 Å². The molecule has 0 aliphatic heterocycles. The predicted octanol–water partition coefficient (Wildman–Crippen LogP) is 0.544. The summed E-state index contributed by atoms with van der Waals surface area (Å²) in [7, 11) is 0. The highest BCUT2D eigenvalue weighted by Gasteiger charge is 2.34. The Balaban J connectivity index is 2.16. The van der Waals surface area contributed by atoms with Crippen LogP contribution in [0.1, 0.15) is 52.5 Å². The quantitative estimate of drug-likeness (QED) is 0.169. The fourth-order valence-corrected chi connectivity index (χ4v) is 4.20. The summed E-state index contributed by atoms with van der Waals surface area (Å²) >= 11 is 0. The highest BCUT2D eigenvalue weighted by atomic mass is 16.4. The lowest BCUT2D eigenvalue weighted by molar-refractivity contribution is -0.144. The Morgan fingerprint density at radius 2 is 1.49 bits per heavy atom. The minimum atomic E-state index is -1.43. The number of primary amides is 1. The van der Waals surface area contributed by atoms with E-state index in [2.05, 4.69) is 20.9 Å². The Morgan fingerprint density at radius 1 is 0.897 bits per heavy atom. The molecule has 0 bridgehead atoms. The van der Waals surface area contributed by atoms with E-state index < -0.39 is 66.1 Å². The van der Waals surface area contributed by atoms with Gasteiger partial charge in [0.25, 0.3) is 0 Å². The van der Waals surface area contributed by atoms with Gasteiger partial charge in [0.1, 0.15) is 18.1 Å². The second-order valence-corrected chi connectivity index (χ2v) is 9.98. The topological polar surface area (TPSA) is 209 Å². The molecule has 6 unspecified atom stereocenters. The predicted molar refractivity (Wildman–Crippen MR) is 146 cm³/mol. The Kier molecular flexibility index (Phi) is 11.5. The zero-order valence-electron chi connectivity index (χ0n) is 22.8. The number of nitrogens with two attached hydrogens (primary N) is 2. The van der Waals surface area contributed by atoms with Crippen molar-refractivity contribution < 1.29 is 29.1 Å². The van der Waals surface area contributed by atoms with Gasteiger partial charge in [-0.05, 0) is 29.9 Å². The number of hydrogen-bond acceptors (Lipinski definition) is 6. The molecule has 12 nitrogen and oxygen atoms in total. The molecule has 0 radical (unpaired) electrons. The summed E-state index contributed by atoms with van der Waals surface area (Å²) in [5, 5.41) is 18.0. The molecule has 9 N–H and O–H groups in total. The first-order valence-electron chi connectivity index (χ1n) is 13.1. The zero-order valence-corrected chi connectivity index (χ0v) is 22.8. The van der Waals surface area contributed by atoms with Gasteiger partial charge in [0, 0.05) is 17.1 Å². The van der Waals surface area contributed by atoms with Gasteiger partial charge in [-0.2, -0.15) is 0 Å². The third kappa shape index (κ3) is 8.54. The van der Waals surface area contributed by atoms with Crippen molar-refractivity contribution in [2.45, 2.75) is 77.5 Å². The number of carboxylic acid groups (broad SMARTS) is 1. The van der Waals surface area contributed by atoms with Crippen LogP contribution in [-0.4, -0.2) is 63.9 Å². The van der Waals surface area contributed by atoms with Crippen molar-refractivity contribution in [2.24, 2.45) is 23.3 Å². The molecule has 1 aromatic heterocycles. The summed E-state index contributed by atoms with van der Waals surface area (Å²) in [6.07, 6.45) is 2.45. The van der Waals surface area contributed by atoms with E-state index in [0.29, 0.717) is 12.8 Å². The molecule has 1 aromatic carbocycles. The van der Waals surface area contributed by atoms with E-state index in [1.807, 2.05) is 31.2 Å². The van der Waals surface area contributed by atoms with Crippen LogP contribution in [0.15, 0.2) is 30.5 Å². The fraction of sp³-hybridized carbons (Fsp3) is 0.519. The number of H-pyrrole nitrogens is 1. The van der Waals surface area contributed by atoms with E-state index in [-0.39, 0.29) is 12.3 Å². The molecule has 2 rings (SSSR count). The number of para-hydroxylation sites is 1. The standard InChI is InChI=1S/C27H40N6O6/c1-5-14(3)22(32-24(35)18(28)11-16-13-30-19-10-8-7-9-17(16)19)26(37)31-20(12-21(29)34)25(36)33-23(27(38)39)15(4)6-2/h7-10,13-15,18,20,22-23,30H,5-6,11-12,28H2,1-4H3,(H2,29,34)(H,31,37)(H,32,35)(H,33,36)(H,38,39). The van der Waals surface area contributed by atoms with Crippen molar-refractivity contribution >= 4 is 40.5 Å². The Morgan fingerprint density at radius 3 is 2.08 bits per heavy atom. The molecule has 4 amide bonds. The maximum absolute atomic E-state index is 13.3. The third-order valence-electron chi connectivity index (χ3n) is 7.06. The van der Waals surface area contributed by atoms with Crippen molar-refractivity contribution in [1.29, 1.82) is 0 Å². The lowest BCUT2D eigenvalue weighted by Gasteiger charge is -2.28. The number of carbonyl (C=O) groups excluding carboxylic acids is 4. The van der Waals surface area contributed by atoms with Gasteiger partial charge in [0.15, 0.2) is 0 Å². The molecular weight excluding hydrogens is 504 g/mol. The molecule has 214 valence electrons. The van der Waals surface area contributed by atoms with E-state index in [4.69, 9.17) is 11.5 Å². The van der Waals surface area contributed by atoms with Crippen molar-refractivity contribution in [3.63, 3.8) is 0 Å². The summed E-state index contributed by atoms with van der Waals surface area (Å²) in [5.41, 5.74) is 13.2. The number of carboxylic acids is 1. The first kappa shape index (κ1) is 31.3. The molecule has 0 aliphatic rings. The maximum atomic E-state index is 13.3. The van der Waals surface area contributed by atoms with Crippen LogP contribution in [0.2, 0.25) is 0 Å². The Labute approximate surface area is 227 Å². The number of aliphatic carboxylic acids is 1. The summed E-state index contributed by atoms with van der Waals surface area (Å²) in [6.45, 7) is 7.02. The molecule has 6 atom stereocenters. The number of rotatable bonds is 15. The minimum Gasteiger partial charge on any atom is -0.480 e. The first-order valence-corrected chi connectivity index (χ1v) is 13.1. The summed E-state index contributed by atoms with van der Waals surface area (Å²) in [4.78, 5) is 65.7. The van der Waals surface area contributed by atoms with Gasteiger partial charge in [0.05, 0.1) is 12.5 Å². The van der Waals surface area contributed by atoms with Crippen LogP contribution < -0.4 is 27.4 Å². The van der Waals surface area contributed by atoms with Gasteiger partial charge >= 0.3 is 5.97 Å². The summed E-state index contributed by atoms with van der Waals surface area (Å²) in [5.74, 6) is -4.99. The van der Waals surface area contributed by atoms with Gasteiger partial charge in [0.2, 0.25) is 23.6 Å². The number of aromatic amines is 1. The lowest BCUT2D eigenvalue weighted by atomic mass is 9.96. The van der Waals surface area contributed by atoms with Crippen LogP contribution in [0.4, 0.5) is 0 Å². The number of benzene rings is 1. The smallest absolute Gasteiger partial charge is 0.326 e. The molecule has 1 heterocycles. The van der Waals surface area contributed by atoms with Crippen LogP contribution in [0.25, 0.3) is 10.9 Å². The normalized spacial score (nSPS) is 15.8. The fourth-order valence-electron chi connectivity index (χ4n) is 4.20. The van der Waals surface area contributed by atoms with Crippen LogP contribution in [-0.2, 0) is 30.4 Å². The average molecular weight is 545 g/mol. The van der Waals surface area contributed by atoms with E-state index in [1.165, 1.54) is 0 Å². The largest absolute Gasteiger partial charge is 0.480 e. The number of nitrogens with one attached hydrogen (secondary N) is 4. The lowest BCUT2D eigenvalue weighted by Crippen LogP contribution is -2.59. The second-order valence-electron chi connectivity index (χ2n) is 9.98. The van der Waals surface area contributed by atoms with Crippen molar-refractivity contribution in [2.75, 3.05) is 0 Å². The second kappa shape index (κ2) is 14.3. The van der Waals surface area contributed by atoms with Gasteiger partial charge in [-0.15, -0.1) is 0 Å². The number of carbonyl (C=O) groups is 5. The van der Waals surface area contributed by atoms with Gasteiger partial charge in [-0.1, -0.05) is 58.7 Å². The molecule has 39 heavy (non-hydrogen) atoms. The van der Waals surface area contributed by atoms with E-state index in [9.17, 15) is 29.1 Å². The number of amides is 4. The molecule has 12 heteroatoms. The van der Waals surface area contributed by atoms with Gasteiger partial charge in [-0.3, -0.25) is 19.2 Å². The van der Waals surface area contributed by atoms with Crippen LogP contribution >= 0.6 is 0 Å². The number of aromatic nitrogens is 1. The van der Waals surface area contributed by atoms with Gasteiger partial charge < -0.3 is 37.5 Å². The van der Waals surface area contributed by atoms with Crippen LogP contribution in [0.5, 0.6) is 0 Å². The van der Waals surface area contributed by atoms with Gasteiger partial charge in [-0.25, -0.2) is 4.79 Å². The summed E-state index contributed by atoms with van der Waals surface area (Å²) in [6, 6.07) is 2.93. The molecule has 2 aromatic rings. The maximum Gasteiger partial charge on any atom is 0.326 e. The SMILES string of the molecule is CCC(C)C(NC(=O)C(CC(N)=O)NC(=O)C(NC(=O)C(N)Cc1c[nH]c2ccccc12)C(C)CC)C(=O)O. The third-order valence-corrected chi connectivity index (χ3v) is 7.06. The zero-order chi connectivity index (χ0) is 29.3. The highest BCUT2D eigenvalue weighted by molar-refractivity contribution is 5.96. The number of hydrogen-bond donors (Lipinski definition) is 7. The monoisotopic (exact) mass is 544 g/mol. The van der Waals surface area contributed by atoms with E-state index in [0.717, 1.165) is 16.5 Å². The summed E-state index contributed by atoms with van der Waals surface area (Å²) < 4.78 is 0. The van der Waals surface area contributed by atoms with Crippen molar-refractivity contribution in [3.05, 3.63) is 36.0 Å². The van der Waals surface area contributed by atoms with E-state index >= 15 is 0 Å². The molecule has 0 aliphatic carbocycles. The number of fused-ring (bicyclic) bond motifs is 1. The van der Waals surface area contributed by atoms with E-state index in [1.54, 1.807) is 27.0 Å². The molecule has 0 saturated carbocycles. The van der Waals surface area contributed by atoms with Crippen molar-refractivity contribution in [3.8, 4) is 0 Å². The minimum absolute atomic E-state index is 0.226. The average Bonchev–Trinajstić information content (AvgIpc) is 3.30. The Hall–Kier alpha value is -3.93. The highest BCUT2D eigenvalue weighted by Crippen LogP contribution is 2.19. The molecule has 0 spiro atoms. The van der Waals surface area contributed by atoms with Crippen molar-refractivity contribution in [1.82, 2.24) is 20.9 Å². The molecule has 0 fully saturated rings. The first-order chi connectivity index (χ1) is 18.4. The Bertz CT molecular complexity index is 1180. The molecular formula is C27H40N6O6.